The first kappa shape index (κ1) is 13.1. The predicted octanol–water partition coefficient (Wildman–Crippen LogP) is 2.06. The van der Waals surface area contributed by atoms with Gasteiger partial charge in [0, 0.05) is 18.6 Å². The molecule has 0 radical (unpaired) electrons. The molecule has 1 atom stereocenters. The van der Waals surface area contributed by atoms with Crippen molar-refractivity contribution in [1.29, 1.82) is 0 Å². The Morgan fingerprint density at radius 3 is 2.68 bits per heavy atom. The fourth-order valence-electron chi connectivity index (χ4n) is 1.56. The number of nitro groups is 1. The Morgan fingerprint density at radius 1 is 1.37 bits per heavy atom. The van der Waals surface area contributed by atoms with E-state index in [2.05, 4.69) is 25.6 Å². The van der Waals surface area contributed by atoms with Gasteiger partial charge in [-0.3, -0.25) is 10.1 Å². The van der Waals surface area contributed by atoms with Gasteiger partial charge in [-0.25, -0.2) is 15.0 Å². The summed E-state index contributed by atoms with van der Waals surface area (Å²) in [6.07, 6.45) is 2.96. The minimum absolute atomic E-state index is 0.168. The van der Waals surface area contributed by atoms with Crippen molar-refractivity contribution >= 4 is 28.7 Å². The van der Waals surface area contributed by atoms with E-state index in [4.69, 9.17) is 0 Å². The SMILES string of the molecule is CNc1ncnc(NC(C)c2nccs2)c1[N+](=O)[O-]. The molecule has 0 aromatic carbocycles. The van der Waals surface area contributed by atoms with Crippen molar-refractivity contribution < 1.29 is 4.92 Å². The molecular formula is C10H12N6O2S. The fraction of sp³-hybridized carbons (Fsp3) is 0.300. The van der Waals surface area contributed by atoms with Crippen LogP contribution in [0.1, 0.15) is 18.0 Å². The van der Waals surface area contributed by atoms with Crippen molar-refractivity contribution in [2.75, 3.05) is 17.7 Å². The number of aromatic nitrogens is 3. The van der Waals surface area contributed by atoms with Crippen LogP contribution in [0.4, 0.5) is 17.3 Å². The molecule has 0 bridgehead atoms. The van der Waals surface area contributed by atoms with Gasteiger partial charge in [0.1, 0.15) is 11.3 Å². The summed E-state index contributed by atoms with van der Waals surface area (Å²) in [6, 6.07) is -0.168. The Hall–Kier alpha value is -2.29. The van der Waals surface area contributed by atoms with Gasteiger partial charge in [-0.1, -0.05) is 0 Å². The summed E-state index contributed by atoms with van der Waals surface area (Å²) in [5.41, 5.74) is -0.173. The zero-order chi connectivity index (χ0) is 13.8. The molecular weight excluding hydrogens is 268 g/mol. The first-order valence-electron chi connectivity index (χ1n) is 5.46. The Labute approximate surface area is 113 Å². The topological polar surface area (TPSA) is 106 Å². The highest BCUT2D eigenvalue weighted by Gasteiger charge is 2.23. The Morgan fingerprint density at radius 2 is 2.11 bits per heavy atom. The van der Waals surface area contributed by atoms with Crippen LogP contribution in [-0.4, -0.2) is 26.9 Å². The lowest BCUT2D eigenvalue weighted by molar-refractivity contribution is -0.383. The van der Waals surface area contributed by atoms with Crippen molar-refractivity contribution in [3.63, 3.8) is 0 Å². The highest BCUT2D eigenvalue weighted by molar-refractivity contribution is 7.09. The molecule has 0 aliphatic rings. The van der Waals surface area contributed by atoms with E-state index < -0.39 is 4.92 Å². The van der Waals surface area contributed by atoms with E-state index in [-0.39, 0.29) is 23.4 Å². The van der Waals surface area contributed by atoms with E-state index in [1.165, 1.54) is 17.7 Å². The van der Waals surface area contributed by atoms with E-state index in [1.807, 2.05) is 12.3 Å². The summed E-state index contributed by atoms with van der Waals surface area (Å²) in [7, 11) is 1.57. The number of nitrogens with zero attached hydrogens (tertiary/aromatic N) is 4. The largest absolute Gasteiger partial charge is 0.367 e. The van der Waals surface area contributed by atoms with Crippen LogP contribution >= 0.6 is 11.3 Å². The summed E-state index contributed by atoms with van der Waals surface area (Å²) >= 11 is 1.47. The van der Waals surface area contributed by atoms with Gasteiger partial charge in [0.2, 0.25) is 11.6 Å². The first-order valence-corrected chi connectivity index (χ1v) is 6.34. The smallest absolute Gasteiger partial charge is 0.353 e. The lowest BCUT2D eigenvalue weighted by atomic mass is 10.3. The molecule has 2 aromatic heterocycles. The summed E-state index contributed by atoms with van der Waals surface area (Å²) < 4.78 is 0. The minimum atomic E-state index is -0.511. The lowest BCUT2D eigenvalue weighted by Gasteiger charge is -2.12. The van der Waals surface area contributed by atoms with E-state index in [0.29, 0.717) is 0 Å². The molecule has 9 heteroatoms. The average molecular weight is 280 g/mol. The second-order valence-electron chi connectivity index (χ2n) is 3.66. The zero-order valence-corrected chi connectivity index (χ0v) is 11.1. The molecule has 0 saturated carbocycles. The summed E-state index contributed by atoms with van der Waals surface area (Å²) in [5.74, 6) is 0.348. The highest BCUT2D eigenvalue weighted by atomic mass is 32.1. The first-order chi connectivity index (χ1) is 9.13. The van der Waals surface area contributed by atoms with Gasteiger partial charge >= 0.3 is 5.69 Å². The van der Waals surface area contributed by atoms with Crippen LogP contribution in [0.25, 0.3) is 0 Å². The quantitative estimate of drug-likeness (QED) is 0.637. The lowest BCUT2D eigenvalue weighted by Crippen LogP contribution is -2.11. The van der Waals surface area contributed by atoms with Crippen LogP contribution in [-0.2, 0) is 0 Å². The fourth-order valence-corrected chi connectivity index (χ4v) is 2.20. The van der Waals surface area contributed by atoms with E-state index >= 15 is 0 Å². The third-order valence-corrected chi connectivity index (χ3v) is 3.37. The number of nitrogens with one attached hydrogen (secondary N) is 2. The number of thiazole rings is 1. The number of hydrogen-bond donors (Lipinski definition) is 2. The maximum absolute atomic E-state index is 11.1. The number of hydrogen-bond acceptors (Lipinski definition) is 8. The molecule has 0 aliphatic carbocycles. The van der Waals surface area contributed by atoms with E-state index in [9.17, 15) is 10.1 Å². The average Bonchev–Trinajstić information content (AvgIpc) is 2.92. The number of anilines is 2. The Bertz CT molecular complexity index is 573. The Balaban J connectivity index is 2.32. The number of rotatable bonds is 5. The Kier molecular flexibility index (Phi) is 3.85. The van der Waals surface area contributed by atoms with Gasteiger partial charge < -0.3 is 10.6 Å². The molecule has 2 aromatic rings. The molecule has 0 saturated heterocycles. The normalized spacial score (nSPS) is 11.9. The van der Waals surface area contributed by atoms with Crippen molar-refractivity contribution in [1.82, 2.24) is 15.0 Å². The molecule has 8 nitrogen and oxygen atoms in total. The van der Waals surface area contributed by atoms with Crippen LogP contribution in [0, 0.1) is 10.1 Å². The van der Waals surface area contributed by atoms with Crippen molar-refractivity contribution in [2.24, 2.45) is 0 Å². The highest BCUT2D eigenvalue weighted by Crippen LogP contribution is 2.31. The standard InChI is InChI=1S/C10H12N6O2S/c1-6(10-12-3-4-19-10)15-9-7(16(17)18)8(11-2)13-5-14-9/h3-6H,1-2H3,(H2,11,13,14,15). The molecule has 2 rings (SSSR count). The van der Waals surface area contributed by atoms with Crippen LogP contribution in [0.15, 0.2) is 17.9 Å². The molecule has 2 heterocycles. The van der Waals surface area contributed by atoms with Gasteiger partial charge in [0.15, 0.2) is 0 Å². The van der Waals surface area contributed by atoms with E-state index in [0.717, 1.165) is 5.01 Å². The van der Waals surface area contributed by atoms with E-state index in [1.54, 1.807) is 13.2 Å². The minimum Gasteiger partial charge on any atom is -0.367 e. The van der Waals surface area contributed by atoms with Gasteiger partial charge in [-0.15, -0.1) is 11.3 Å². The van der Waals surface area contributed by atoms with Gasteiger partial charge in [-0.05, 0) is 6.92 Å². The van der Waals surface area contributed by atoms with Crippen LogP contribution < -0.4 is 10.6 Å². The van der Waals surface area contributed by atoms with Crippen molar-refractivity contribution in [3.8, 4) is 0 Å². The van der Waals surface area contributed by atoms with Crippen molar-refractivity contribution in [2.45, 2.75) is 13.0 Å². The third-order valence-electron chi connectivity index (χ3n) is 2.42. The maximum atomic E-state index is 11.1. The third kappa shape index (κ3) is 2.76. The maximum Gasteiger partial charge on any atom is 0.353 e. The van der Waals surface area contributed by atoms with Crippen LogP contribution in [0.3, 0.4) is 0 Å². The van der Waals surface area contributed by atoms with Crippen LogP contribution in [0.2, 0.25) is 0 Å². The molecule has 19 heavy (non-hydrogen) atoms. The van der Waals surface area contributed by atoms with Gasteiger partial charge in [0.25, 0.3) is 0 Å². The molecule has 2 N–H and O–H groups in total. The molecule has 0 spiro atoms. The molecule has 1 unspecified atom stereocenters. The predicted molar refractivity (Wildman–Crippen MR) is 72.4 cm³/mol. The van der Waals surface area contributed by atoms with Gasteiger partial charge in [0.05, 0.1) is 11.0 Å². The molecule has 0 aliphatic heterocycles. The molecule has 0 fully saturated rings. The summed E-state index contributed by atoms with van der Waals surface area (Å²) in [5, 5.41) is 19.4. The second kappa shape index (κ2) is 5.57. The molecule has 0 amide bonds. The van der Waals surface area contributed by atoms with Crippen molar-refractivity contribution in [3.05, 3.63) is 33.0 Å². The van der Waals surface area contributed by atoms with Crippen LogP contribution in [0.5, 0.6) is 0 Å². The second-order valence-corrected chi connectivity index (χ2v) is 4.59. The monoisotopic (exact) mass is 280 g/mol. The summed E-state index contributed by atoms with van der Waals surface area (Å²) in [4.78, 5) is 22.5. The van der Waals surface area contributed by atoms with Gasteiger partial charge in [-0.2, -0.15) is 0 Å². The molecule has 100 valence electrons. The zero-order valence-electron chi connectivity index (χ0n) is 10.3. The summed E-state index contributed by atoms with van der Waals surface area (Å²) in [6.45, 7) is 1.86.